The van der Waals surface area contributed by atoms with Gasteiger partial charge in [0.15, 0.2) is 0 Å². The van der Waals surface area contributed by atoms with Crippen LogP contribution >= 0.6 is 0 Å². The highest BCUT2D eigenvalue weighted by Gasteiger charge is 2.39. The third-order valence-electron chi connectivity index (χ3n) is 7.22. The third-order valence-corrected chi connectivity index (χ3v) is 7.22. The Bertz CT molecular complexity index is 370. The van der Waals surface area contributed by atoms with Gasteiger partial charge in [-0.25, -0.2) is 8.78 Å². The van der Waals surface area contributed by atoms with Crippen molar-refractivity contribution in [2.75, 3.05) is 0 Å². The van der Waals surface area contributed by atoms with Crippen LogP contribution in [0.4, 0.5) is 8.78 Å². The predicted molar refractivity (Wildman–Crippen MR) is 104 cm³/mol. The van der Waals surface area contributed by atoms with Crippen molar-refractivity contribution in [3.8, 4) is 0 Å². The van der Waals surface area contributed by atoms with E-state index in [4.69, 9.17) is 0 Å². The molecule has 0 aromatic rings. The first-order chi connectivity index (χ1) is 11.8. The normalized spacial score (nSPS) is 36.6. The lowest BCUT2D eigenvalue weighted by molar-refractivity contribution is 0.0302. The molecule has 2 heteroatoms. The molecule has 148 valence electrons. The Labute approximate surface area is 155 Å². The summed E-state index contributed by atoms with van der Waals surface area (Å²) in [6.07, 6.45) is 8.22. The monoisotopic (exact) mass is 356 g/mol. The summed E-state index contributed by atoms with van der Waals surface area (Å²) in [7, 11) is 0. The minimum absolute atomic E-state index is 0.0493. The van der Waals surface area contributed by atoms with Gasteiger partial charge < -0.3 is 0 Å². The minimum atomic E-state index is -0.784. The predicted octanol–water partition coefficient (Wildman–Crippen LogP) is 7.61. The molecule has 2 saturated carbocycles. The summed E-state index contributed by atoms with van der Waals surface area (Å²) in [5.74, 6) is 3.09. The van der Waals surface area contributed by atoms with Gasteiger partial charge in [-0.2, -0.15) is 0 Å². The van der Waals surface area contributed by atoms with Gasteiger partial charge in [-0.05, 0) is 86.4 Å². The Morgan fingerprint density at radius 1 is 0.840 bits per heavy atom. The van der Waals surface area contributed by atoms with E-state index >= 15 is 4.39 Å². The molecule has 2 aliphatic rings. The summed E-state index contributed by atoms with van der Waals surface area (Å²) in [5, 5.41) is 0. The van der Waals surface area contributed by atoms with Crippen molar-refractivity contribution >= 4 is 0 Å². The summed E-state index contributed by atoms with van der Waals surface area (Å²) in [6.45, 7) is 10.6. The van der Waals surface area contributed by atoms with Crippen molar-refractivity contribution in [1.82, 2.24) is 0 Å². The van der Waals surface area contributed by atoms with Gasteiger partial charge in [-0.1, -0.05) is 47.5 Å². The molecule has 0 nitrogen and oxygen atoms in total. The van der Waals surface area contributed by atoms with E-state index in [1.807, 2.05) is 13.8 Å². The highest BCUT2D eigenvalue weighted by atomic mass is 19.1. The Kier molecular flexibility index (Phi) is 8.21. The van der Waals surface area contributed by atoms with Crippen LogP contribution in [0.2, 0.25) is 0 Å². The standard InChI is InChI=1S/C23H42F2/c1-15(2)12-20(14-22(24)16(3)4)21-11-10-19(13-23(21)25)18-8-6-17(5)7-9-18/h15-23H,6-14H2,1-5H3. The second-order valence-electron chi connectivity index (χ2n) is 10.2. The van der Waals surface area contributed by atoms with Gasteiger partial charge in [0.2, 0.25) is 0 Å². The molecular weight excluding hydrogens is 314 g/mol. The fraction of sp³-hybridized carbons (Fsp3) is 1.00. The van der Waals surface area contributed by atoms with Crippen molar-refractivity contribution < 1.29 is 8.78 Å². The van der Waals surface area contributed by atoms with E-state index in [1.165, 1.54) is 32.1 Å². The van der Waals surface area contributed by atoms with E-state index < -0.39 is 12.3 Å². The van der Waals surface area contributed by atoms with Gasteiger partial charge in [0.25, 0.3) is 0 Å². The lowest BCUT2D eigenvalue weighted by Crippen LogP contribution is -2.37. The van der Waals surface area contributed by atoms with Crippen molar-refractivity contribution in [2.45, 2.75) is 105 Å². The molecule has 2 rings (SSSR count). The average molecular weight is 357 g/mol. The van der Waals surface area contributed by atoms with Crippen LogP contribution in [0.1, 0.15) is 92.4 Å². The van der Waals surface area contributed by atoms with Gasteiger partial charge in [-0.3, -0.25) is 0 Å². The molecule has 2 fully saturated rings. The third kappa shape index (κ3) is 6.21. The van der Waals surface area contributed by atoms with Crippen LogP contribution in [0.3, 0.4) is 0 Å². The number of rotatable bonds is 7. The van der Waals surface area contributed by atoms with Crippen LogP contribution in [-0.4, -0.2) is 12.3 Å². The molecule has 0 spiro atoms. The molecule has 0 aromatic heterocycles. The van der Waals surface area contributed by atoms with Crippen molar-refractivity contribution in [2.24, 2.45) is 41.4 Å². The van der Waals surface area contributed by atoms with Crippen molar-refractivity contribution in [3.05, 3.63) is 0 Å². The van der Waals surface area contributed by atoms with Crippen molar-refractivity contribution in [3.63, 3.8) is 0 Å². The zero-order valence-corrected chi connectivity index (χ0v) is 17.3. The maximum atomic E-state index is 15.2. The summed E-state index contributed by atoms with van der Waals surface area (Å²) in [5.41, 5.74) is 0. The Hall–Kier alpha value is -0.140. The first kappa shape index (κ1) is 21.2. The van der Waals surface area contributed by atoms with Crippen molar-refractivity contribution in [1.29, 1.82) is 0 Å². The molecule has 5 unspecified atom stereocenters. The lowest BCUT2D eigenvalue weighted by Gasteiger charge is -2.42. The van der Waals surface area contributed by atoms with E-state index in [0.717, 1.165) is 31.1 Å². The molecular formula is C23H42F2. The quantitative estimate of drug-likeness (QED) is 0.440. The largest absolute Gasteiger partial charge is 0.247 e. The van der Waals surface area contributed by atoms with Gasteiger partial charge in [0.1, 0.15) is 12.3 Å². The first-order valence-corrected chi connectivity index (χ1v) is 11.1. The smallest absolute Gasteiger partial charge is 0.103 e. The first-order valence-electron chi connectivity index (χ1n) is 11.1. The summed E-state index contributed by atoms with van der Waals surface area (Å²) < 4.78 is 29.5. The molecule has 0 bridgehead atoms. The maximum absolute atomic E-state index is 15.2. The number of hydrogen-bond donors (Lipinski definition) is 0. The fourth-order valence-electron chi connectivity index (χ4n) is 5.50. The molecule has 2 aliphatic carbocycles. The fourth-order valence-corrected chi connectivity index (χ4v) is 5.50. The van der Waals surface area contributed by atoms with E-state index in [-0.39, 0.29) is 17.8 Å². The van der Waals surface area contributed by atoms with Gasteiger partial charge in [0.05, 0.1) is 0 Å². The van der Waals surface area contributed by atoms with Crippen LogP contribution in [0.5, 0.6) is 0 Å². The Morgan fingerprint density at radius 2 is 1.44 bits per heavy atom. The zero-order chi connectivity index (χ0) is 18.6. The Morgan fingerprint density at radius 3 is 1.96 bits per heavy atom. The number of alkyl halides is 2. The van der Waals surface area contributed by atoms with E-state index in [1.54, 1.807) is 0 Å². The van der Waals surface area contributed by atoms with Gasteiger partial charge in [0, 0.05) is 0 Å². The molecule has 0 saturated heterocycles. The van der Waals surface area contributed by atoms with E-state index in [0.29, 0.717) is 18.3 Å². The van der Waals surface area contributed by atoms with E-state index in [9.17, 15) is 4.39 Å². The molecule has 5 atom stereocenters. The summed E-state index contributed by atoms with van der Waals surface area (Å²) in [6, 6.07) is 0. The van der Waals surface area contributed by atoms with Crippen LogP contribution < -0.4 is 0 Å². The molecule has 0 aromatic carbocycles. The molecule has 25 heavy (non-hydrogen) atoms. The SMILES string of the molecule is CC(C)CC(CC(F)C(C)C)C1CCC(C2CCC(C)CC2)CC1F. The number of hydrogen-bond acceptors (Lipinski definition) is 0. The molecule has 0 aliphatic heterocycles. The maximum Gasteiger partial charge on any atom is 0.103 e. The second-order valence-corrected chi connectivity index (χ2v) is 10.2. The molecule has 0 N–H and O–H groups in total. The highest BCUT2D eigenvalue weighted by Crippen LogP contribution is 2.46. The van der Waals surface area contributed by atoms with Crippen LogP contribution in [-0.2, 0) is 0 Å². The van der Waals surface area contributed by atoms with Gasteiger partial charge >= 0.3 is 0 Å². The summed E-state index contributed by atoms with van der Waals surface area (Å²) >= 11 is 0. The molecule has 0 amide bonds. The number of halogens is 2. The minimum Gasteiger partial charge on any atom is -0.247 e. The summed E-state index contributed by atoms with van der Waals surface area (Å²) in [4.78, 5) is 0. The Balaban J connectivity index is 1.93. The van der Waals surface area contributed by atoms with Crippen LogP contribution in [0.15, 0.2) is 0 Å². The van der Waals surface area contributed by atoms with Crippen LogP contribution in [0, 0.1) is 41.4 Å². The zero-order valence-electron chi connectivity index (χ0n) is 17.3. The topological polar surface area (TPSA) is 0 Å². The van der Waals surface area contributed by atoms with Gasteiger partial charge in [-0.15, -0.1) is 0 Å². The lowest BCUT2D eigenvalue weighted by atomic mass is 9.65. The highest BCUT2D eigenvalue weighted by molar-refractivity contribution is 4.89. The molecule has 0 radical (unpaired) electrons. The second kappa shape index (κ2) is 9.70. The average Bonchev–Trinajstić information content (AvgIpc) is 2.54. The molecule has 0 heterocycles. The van der Waals surface area contributed by atoms with Crippen LogP contribution in [0.25, 0.3) is 0 Å². The van der Waals surface area contributed by atoms with E-state index in [2.05, 4.69) is 20.8 Å².